The molecule has 0 radical (unpaired) electrons. The number of amides is 1. The molecule has 1 unspecified atom stereocenters. The maximum atomic E-state index is 11.7. The molecule has 4 heteroatoms. The van der Waals surface area contributed by atoms with Gasteiger partial charge in [0.1, 0.15) is 0 Å². The number of carbonyl (C=O) groups excluding carboxylic acids is 1. The van der Waals surface area contributed by atoms with E-state index >= 15 is 0 Å². The van der Waals surface area contributed by atoms with E-state index in [1.807, 2.05) is 30.5 Å². The minimum Gasteiger partial charge on any atom is -0.361 e. The minimum atomic E-state index is -0.00909. The molecule has 0 saturated carbocycles. The van der Waals surface area contributed by atoms with Crippen molar-refractivity contribution in [3.05, 3.63) is 30.5 Å². The van der Waals surface area contributed by atoms with Crippen LogP contribution in [0.25, 0.3) is 10.9 Å². The molecule has 4 nitrogen and oxygen atoms in total. The lowest BCUT2D eigenvalue weighted by atomic mass is 10.2. The standard InChI is InChI=1S/C14H19N3O/c1-3-10(2)16-9-14(18)17-12-4-5-13-11(8-12)6-7-15-13/h4-8,10,15-16H,3,9H2,1-2H3,(H,17,18). The van der Waals surface area contributed by atoms with Gasteiger partial charge in [0.15, 0.2) is 0 Å². The smallest absolute Gasteiger partial charge is 0.238 e. The van der Waals surface area contributed by atoms with Gasteiger partial charge in [-0.3, -0.25) is 4.79 Å². The lowest BCUT2D eigenvalue weighted by Crippen LogP contribution is -2.33. The first kappa shape index (κ1) is 12.6. The number of hydrogen-bond acceptors (Lipinski definition) is 2. The summed E-state index contributed by atoms with van der Waals surface area (Å²) in [4.78, 5) is 14.8. The second kappa shape index (κ2) is 5.69. The second-order valence-corrected chi connectivity index (χ2v) is 4.52. The molecular weight excluding hydrogens is 226 g/mol. The number of rotatable bonds is 5. The topological polar surface area (TPSA) is 56.9 Å². The summed E-state index contributed by atoms with van der Waals surface area (Å²) in [7, 11) is 0. The third kappa shape index (κ3) is 3.11. The average molecular weight is 245 g/mol. The predicted octanol–water partition coefficient (Wildman–Crippen LogP) is 2.49. The van der Waals surface area contributed by atoms with Gasteiger partial charge in [-0.05, 0) is 37.6 Å². The third-order valence-corrected chi connectivity index (χ3v) is 3.06. The first-order valence-corrected chi connectivity index (χ1v) is 6.29. The summed E-state index contributed by atoms with van der Waals surface area (Å²) >= 11 is 0. The summed E-state index contributed by atoms with van der Waals surface area (Å²) in [6.45, 7) is 4.51. The van der Waals surface area contributed by atoms with Crippen LogP contribution in [0.3, 0.4) is 0 Å². The molecule has 0 spiro atoms. The van der Waals surface area contributed by atoms with Gasteiger partial charge in [-0.25, -0.2) is 0 Å². The Kier molecular flexibility index (Phi) is 3.99. The van der Waals surface area contributed by atoms with E-state index in [9.17, 15) is 4.79 Å². The Morgan fingerprint density at radius 3 is 3.00 bits per heavy atom. The van der Waals surface area contributed by atoms with Gasteiger partial charge in [-0.2, -0.15) is 0 Å². The van der Waals surface area contributed by atoms with E-state index in [4.69, 9.17) is 0 Å². The molecule has 2 rings (SSSR count). The highest BCUT2D eigenvalue weighted by molar-refractivity contribution is 5.94. The van der Waals surface area contributed by atoms with Crippen molar-refractivity contribution in [1.82, 2.24) is 10.3 Å². The summed E-state index contributed by atoms with van der Waals surface area (Å²) in [5, 5.41) is 7.15. The van der Waals surface area contributed by atoms with Crippen LogP contribution in [0.2, 0.25) is 0 Å². The Balaban J connectivity index is 1.94. The molecule has 0 aliphatic heterocycles. The summed E-state index contributed by atoms with van der Waals surface area (Å²) in [6, 6.07) is 8.19. The number of aromatic nitrogens is 1. The van der Waals surface area contributed by atoms with E-state index in [0.29, 0.717) is 12.6 Å². The first-order valence-electron chi connectivity index (χ1n) is 6.29. The molecule has 0 aliphatic carbocycles. The normalized spacial score (nSPS) is 12.6. The zero-order valence-electron chi connectivity index (χ0n) is 10.8. The van der Waals surface area contributed by atoms with Crippen LogP contribution in [0.4, 0.5) is 5.69 Å². The molecule has 0 saturated heterocycles. The van der Waals surface area contributed by atoms with E-state index in [1.165, 1.54) is 0 Å². The summed E-state index contributed by atoms with van der Waals surface area (Å²) in [6.07, 6.45) is 2.91. The van der Waals surface area contributed by atoms with Crippen LogP contribution >= 0.6 is 0 Å². The predicted molar refractivity (Wildman–Crippen MR) is 74.7 cm³/mol. The van der Waals surface area contributed by atoms with Crippen LogP contribution in [0.1, 0.15) is 20.3 Å². The molecule has 0 fully saturated rings. The summed E-state index contributed by atoms with van der Waals surface area (Å²) in [5.41, 5.74) is 1.91. The molecule has 18 heavy (non-hydrogen) atoms. The third-order valence-electron chi connectivity index (χ3n) is 3.06. The summed E-state index contributed by atoms with van der Waals surface area (Å²) < 4.78 is 0. The maximum Gasteiger partial charge on any atom is 0.238 e. The van der Waals surface area contributed by atoms with Crippen LogP contribution in [0, 0.1) is 0 Å². The molecule has 0 bridgehead atoms. The number of nitrogens with one attached hydrogen (secondary N) is 3. The van der Waals surface area contributed by atoms with E-state index in [2.05, 4.69) is 29.5 Å². The van der Waals surface area contributed by atoms with Gasteiger partial charge < -0.3 is 15.6 Å². The monoisotopic (exact) mass is 245 g/mol. The molecular formula is C14H19N3O. The van der Waals surface area contributed by atoms with Crippen LogP contribution in [-0.4, -0.2) is 23.5 Å². The number of aromatic amines is 1. The number of anilines is 1. The molecule has 96 valence electrons. The first-order chi connectivity index (χ1) is 8.69. The van der Waals surface area contributed by atoms with Crippen molar-refractivity contribution in [1.29, 1.82) is 0 Å². The quantitative estimate of drug-likeness (QED) is 0.758. The van der Waals surface area contributed by atoms with Gasteiger partial charge in [-0.1, -0.05) is 6.92 Å². The summed E-state index contributed by atoms with van der Waals surface area (Å²) in [5.74, 6) is -0.00909. The molecule has 1 aromatic carbocycles. The minimum absolute atomic E-state index is 0.00909. The largest absolute Gasteiger partial charge is 0.361 e. The fourth-order valence-corrected chi connectivity index (χ4v) is 1.75. The van der Waals surface area contributed by atoms with Gasteiger partial charge in [0.2, 0.25) is 5.91 Å². The van der Waals surface area contributed by atoms with Gasteiger partial charge in [0.25, 0.3) is 0 Å². The van der Waals surface area contributed by atoms with E-state index in [0.717, 1.165) is 23.0 Å². The van der Waals surface area contributed by atoms with Gasteiger partial charge in [0, 0.05) is 28.8 Å². The van der Waals surface area contributed by atoms with Crippen molar-refractivity contribution in [3.63, 3.8) is 0 Å². The van der Waals surface area contributed by atoms with E-state index in [1.54, 1.807) is 0 Å². The van der Waals surface area contributed by atoms with Crippen LogP contribution in [-0.2, 0) is 4.79 Å². The highest BCUT2D eigenvalue weighted by Gasteiger charge is 2.05. The van der Waals surface area contributed by atoms with Crippen molar-refractivity contribution < 1.29 is 4.79 Å². The SMILES string of the molecule is CCC(C)NCC(=O)Nc1ccc2[nH]ccc2c1. The van der Waals surface area contributed by atoms with E-state index in [-0.39, 0.29) is 5.91 Å². The Morgan fingerprint density at radius 1 is 1.39 bits per heavy atom. The van der Waals surface area contributed by atoms with Crippen LogP contribution < -0.4 is 10.6 Å². The molecule has 1 heterocycles. The average Bonchev–Trinajstić information content (AvgIpc) is 2.83. The van der Waals surface area contributed by atoms with Gasteiger partial charge in [0.05, 0.1) is 6.54 Å². The maximum absolute atomic E-state index is 11.7. The molecule has 2 aromatic rings. The fraction of sp³-hybridized carbons (Fsp3) is 0.357. The van der Waals surface area contributed by atoms with Gasteiger partial charge in [-0.15, -0.1) is 0 Å². The lowest BCUT2D eigenvalue weighted by Gasteiger charge is -2.11. The van der Waals surface area contributed by atoms with Crippen molar-refractivity contribution in [2.45, 2.75) is 26.3 Å². The molecule has 0 aliphatic rings. The second-order valence-electron chi connectivity index (χ2n) is 4.52. The Labute approximate surface area is 107 Å². The Hall–Kier alpha value is -1.81. The van der Waals surface area contributed by atoms with Crippen molar-refractivity contribution in [2.24, 2.45) is 0 Å². The Bertz CT molecular complexity index is 533. The lowest BCUT2D eigenvalue weighted by molar-refractivity contribution is -0.115. The molecule has 3 N–H and O–H groups in total. The van der Waals surface area contributed by atoms with Crippen LogP contribution in [0.5, 0.6) is 0 Å². The van der Waals surface area contributed by atoms with Crippen molar-refractivity contribution in [2.75, 3.05) is 11.9 Å². The zero-order chi connectivity index (χ0) is 13.0. The zero-order valence-corrected chi connectivity index (χ0v) is 10.8. The molecule has 1 atom stereocenters. The van der Waals surface area contributed by atoms with E-state index < -0.39 is 0 Å². The number of benzene rings is 1. The number of hydrogen-bond donors (Lipinski definition) is 3. The molecule has 1 amide bonds. The number of fused-ring (bicyclic) bond motifs is 1. The highest BCUT2D eigenvalue weighted by Crippen LogP contribution is 2.17. The van der Waals surface area contributed by atoms with Crippen molar-refractivity contribution in [3.8, 4) is 0 Å². The van der Waals surface area contributed by atoms with Crippen LogP contribution in [0.15, 0.2) is 30.5 Å². The Morgan fingerprint density at radius 2 is 2.22 bits per heavy atom. The number of carbonyl (C=O) groups is 1. The number of H-pyrrole nitrogens is 1. The molecule has 1 aromatic heterocycles. The fourth-order valence-electron chi connectivity index (χ4n) is 1.75. The van der Waals surface area contributed by atoms with Gasteiger partial charge >= 0.3 is 0 Å². The van der Waals surface area contributed by atoms with Crippen molar-refractivity contribution >= 4 is 22.5 Å². The highest BCUT2D eigenvalue weighted by atomic mass is 16.1.